The quantitative estimate of drug-likeness (QED) is 0.876. The number of fused-ring (bicyclic) bond motifs is 1. The van der Waals surface area contributed by atoms with E-state index in [4.69, 9.17) is 9.84 Å². The molecule has 2 aromatic carbocycles. The zero-order valence-corrected chi connectivity index (χ0v) is 13.4. The number of amides is 1. The van der Waals surface area contributed by atoms with Crippen LogP contribution in [0.4, 0.5) is 5.69 Å². The van der Waals surface area contributed by atoms with E-state index < -0.39 is 12.1 Å². The second kappa shape index (κ2) is 6.84. The lowest BCUT2D eigenvalue weighted by molar-refractivity contribution is -0.126. The molecule has 3 rings (SSSR count). The highest BCUT2D eigenvalue weighted by atomic mass is 16.5. The number of benzene rings is 2. The molecule has 1 heterocycles. The second-order valence-corrected chi connectivity index (χ2v) is 5.77. The number of esters is 1. The van der Waals surface area contributed by atoms with Crippen molar-refractivity contribution < 1.29 is 19.4 Å². The third-order valence-corrected chi connectivity index (χ3v) is 4.16. The van der Waals surface area contributed by atoms with E-state index in [-0.39, 0.29) is 12.5 Å². The molecule has 1 amide bonds. The number of carbonyl (C=O) groups is 2. The Morgan fingerprint density at radius 2 is 1.88 bits per heavy atom. The molecule has 0 fully saturated rings. The van der Waals surface area contributed by atoms with Crippen molar-refractivity contribution in [2.45, 2.75) is 26.1 Å². The summed E-state index contributed by atoms with van der Waals surface area (Å²) in [5, 5.41) is 9.02. The topological polar surface area (TPSA) is 66.8 Å². The molecule has 0 saturated heterocycles. The second-order valence-electron chi connectivity index (χ2n) is 5.77. The molecule has 1 aliphatic rings. The van der Waals surface area contributed by atoms with Crippen LogP contribution in [0, 0.1) is 0 Å². The lowest BCUT2D eigenvalue weighted by atomic mass is 10.1. The van der Waals surface area contributed by atoms with Gasteiger partial charge >= 0.3 is 5.97 Å². The predicted octanol–water partition coefficient (Wildman–Crippen LogP) is 2.31. The van der Waals surface area contributed by atoms with Gasteiger partial charge in [-0.1, -0.05) is 30.3 Å². The van der Waals surface area contributed by atoms with Crippen LogP contribution in [0.25, 0.3) is 0 Å². The predicted molar refractivity (Wildman–Crippen MR) is 89.7 cm³/mol. The number of rotatable bonds is 4. The summed E-state index contributed by atoms with van der Waals surface area (Å²) in [5.41, 5.74) is 3.08. The number of anilines is 1. The van der Waals surface area contributed by atoms with Gasteiger partial charge in [-0.25, -0.2) is 4.79 Å². The van der Waals surface area contributed by atoms with Crippen molar-refractivity contribution >= 4 is 17.6 Å². The van der Waals surface area contributed by atoms with Crippen LogP contribution >= 0.6 is 0 Å². The van der Waals surface area contributed by atoms with Gasteiger partial charge in [-0.3, -0.25) is 4.79 Å². The summed E-state index contributed by atoms with van der Waals surface area (Å²) in [6, 6.07) is 14.2. The Labute approximate surface area is 140 Å². The Balaban J connectivity index is 1.67. The third kappa shape index (κ3) is 3.16. The minimum atomic E-state index is -0.860. The van der Waals surface area contributed by atoms with E-state index in [2.05, 4.69) is 0 Å². The summed E-state index contributed by atoms with van der Waals surface area (Å²) in [6.45, 7) is 2.10. The SMILES string of the molecule is C[C@H](OC(=O)c1ccc(CO)cc1)C(=O)N1CCc2ccccc21. The molecular weight excluding hydrogens is 306 g/mol. The van der Waals surface area contributed by atoms with Crippen LogP contribution in [0.3, 0.4) is 0 Å². The van der Waals surface area contributed by atoms with Gasteiger partial charge in [-0.15, -0.1) is 0 Å². The first-order valence-electron chi connectivity index (χ1n) is 7.90. The number of ether oxygens (including phenoxy) is 1. The van der Waals surface area contributed by atoms with Crippen LogP contribution in [0.15, 0.2) is 48.5 Å². The fourth-order valence-corrected chi connectivity index (χ4v) is 2.81. The number of nitrogens with zero attached hydrogens (tertiary/aromatic N) is 1. The van der Waals surface area contributed by atoms with Crippen molar-refractivity contribution in [3.8, 4) is 0 Å². The van der Waals surface area contributed by atoms with Gasteiger partial charge < -0.3 is 14.7 Å². The van der Waals surface area contributed by atoms with E-state index in [1.807, 2.05) is 24.3 Å². The molecule has 0 unspecified atom stereocenters. The van der Waals surface area contributed by atoms with Gasteiger partial charge in [0.2, 0.25) is 0 Å². The Morgan fingerprint density at radius 3 is 2.58 bits per heavy atom. The van der Waals surface area contributed by atoms with E-state index in [0.717, 1.165) is 17.7 Å². The summed E-state index contributed by atoms with van der Waals surface area (Å²) in [6.07, 6.45) is -0.0493. The van der Waals surface area contributed by atoms with E-state index in [1.165, 1.54) is 0 Å². The first-order valence-corrected chi connectivity index (χ1v) is 7.90. The minimum Gasteiger partial charge on any atom is -0.449 e. The molecule has 0 aliphatic carbocycles. The van der Waals surface area contributed by atoms with Crippen LogP contribution in [0.5, 0.6) is 0 Å². The first-order chi connectivity index (χ1) is 11.6. The van der Waals surface area contributed by atoms with Gasteiger partial charge in [-0.2, -0.15) is 0 Å². The fourth-order valence-electron chi connectivity index (χ4n) is 2.81. The Hall–Kier alpha value is -2.66. The van der Waals surface area contributed by atoms with Gasteiger partial charge in [-0.05, 0) is 42.7 Å². The van der Waals surface area contributed by atoms with Crippen LogP contribution in [-0.4, -0.2) is 29.6 Å². The maximum atomic E-state index is 12.6. The molecular formula is C19H19NO4. The minimum absolute atomic E-state index is 0.0847. The molecule has 1 N–H and O–H groups in total. The summed E-state index contributed by atoms with van der Waals surface area (Å²) in [7, 11) is 0. The van der Waals surface area contributed by atoms with Gasteiger partial charge in [0.1, 0.15) is 0 Å². The highest BCUT2D eigenvalue weighted by molar-refractivity contribution is 6.00. The smallest absolute Gasteiger partial charge is 0.338 e. The molecule has 124 valence electrons. The van der Waals surface area contributed by atoms with Gasteiger partial charge in [0.25, 0.3) is 5.91 Å². The monoisotopic (exact) mass is 325 g/mol. The van der Waals surface area contributed by atoms with Crippen molar-refractivity contribution in [2.75, 3.05) is 11.4 Å². The highest BCUT2D eigenvalue weighted by Crippen LogP contribution is 2.28. The zero-order valence-electron chi connectivity index (χ0n) is 13.4. The summed E-state index contributed by atoms with van der Waals surface area (Å²) in [4.78, 5) is 26.4. The van der Waals surface area contributed by atoms with Crippen LogP contribution in [0.2, 0.25) is 0 Å². The number of aliphatic hydroxyl groups is 1. The molecule has 5 nitrogen and oxygen atoms in total. The fraction of sp³-hybridized carbons (Fsp3) is 0.263. The van der Waals surface area contributed by atoms with Crippen LogP contribution in [-0.2, 0) is 22.6 Å². The summed E-state index contributed by atoms with van der Waals surface area (Å²) < 4.78 is 5.31. The van der Waals surface area contributed by atoms with E-state index in [9.17, 15) is 9.59 Å². The first kappa shape index (κ1) is 16.2. The lowest BCUT2D eigenvalue weighted by Gasteiger charge is -2.21. The molecule has 0 saturated carbocycles. The molecule has 2 aromatic rings. The largest absolute Gasteiger partial charge is 0.449 e. The maximum Gasteiger partial charge on any atom is 0.338 e. The van der Waals surface area contributed by atoms with Gasteiger partial charge in [0, 0.05) is 12.2 Å². The van der Waals surface area contributed by atoms with E-state index >= 15 is 0 Å². The average molecular weight is 325 g/mol. The molecule has 5 heteroatoms. The van der Waals surface area contributed by atoms with Crippen LogP contribution < -0.4 is 4.90 Å². The van der Waals surface area contributed by atoms with Crippen molar-refractivity contribution in [1.29, 1.82) is 0 Å². The van der Waals surface area contributed by atoms with Crippen molar-refractivity contribution in [1.82, 2.24) is 0 Å². The Kier molecular flexibility index (Phi) is 4.62. The summed E-state index contributed by atoms with van der Waals surface area (Å²) >= 11 is 0. The summed E-state index contributed by atoms with van der Waals surface area (Å²) in [5.74, 6) is -0.770. The highest BCUT2D eigenvalue weighted by Gasteiger charge is 2.29. The lowest BCUT2D eigenvalue weighted by Crippen LogP contribution is -2.39. The van der Waals surface area contributed by atoms with Gasteiger partial charge in [0.05, 0.1) is 12.2 Å². The number of hydrogen-bond donors (Lipinski definition) is 1. The third-order valence-electron chi connectivity index (χ3n) is 4.16. The van der Waals surface area contributed by atoms with Crippen molar-refractivity contribution in [3.63, 3.8) is 0 Å². The Morgan fingerprint density at radius 1 is 1.17 bits per heavy atom. The Bertz CT molecular complexity index is 754. The van der Waals surface area contributed by atoms with Gasteiger partial charge in [0.15, 0.2) is 6.10 Å². The molecule has 0 radical (unpaired) electrons. The van der Waals surface area contributed by atoms with E-state index in [1.54, 1.807) is 36.1 Å². The molecule has 1 atom stereocenters. The maximum absolute atomic E-state index is 12.6. The molecule has 0 spiro atoms. The van der Waals surface area contributed by atoms with Crippen LogP contribution in [0.1, 0.15) is 28.4 Å². The normalized spacial score (nSPS) is 14.2. The number of hydrogen-bond acceptors (Lipinski definition) is 4. The zero-order chi connectivity index (χ0) is 17.1. The van der Waals surface area contributed by atoms with Crippen molar-refractivity contribution in [2.24, 2.45) is 0 Å². The van der Waals surface area contributed by atoms with Crippen molar-refractivity contribution in [3.05, 3.63) is 65.2 Å². The molecule has 0 bridgehead atoms. The number of para-hydroxylation sites is 1. The number of aliphatic hydroxyl groups excluding tert-OH is 1. The van der Waals surface area contributed by atoms with E-state index in [0.29, 0.717) is 17.7 Å². The molecule has 1 aliphatic heterocycles. The average Bonchev–Trinajstić information content (AvgIpc) is 3.05. The molecule has 24 heavy (non-hydrogen) atoms. The standard InChI is InChI=1S/C19H19NO4/c1-13(24-19(23)16-8-6-14(12-21)7-9-16)18(22)20-11-10-15-4-2-3-5-17(15)20/h2-9,13,21H,10-12H2,1H3/t13-/m0/s1. The number of carbonyl (C=O) groups excluding carboxylic acids is 2. The molecule has 0 aromatic heterocycles.